The number of hydrogen-bond donors (Lipinski definition) is 1. The van der Waals surface area contributed by atoms with Gasteiger partial charge in [0.1, 0.15) is 17.1 Å². The molecule has 0 spiro atoms. The normalized spacial score (nSPS) is 11.2. The SMILES string of the molecule is O=C(O)c1ccc(F)cc1Oc1ccc(C(F)(F)F)nn1. The molecular formula is C12H6F4N2O3. The molecule has 110 valence electrons. The Morgan fingerprint density at radius 2 is 1.86 bits per heavy atom. The number of aromatic carboxylic acids is 1. The van der Waals surface area contributed by atoms with Gasteiger partial charge >= 0.3 is 12.1 Å². The third-order valence-corrected chi connectivity index (χ3v) is 2.32. The average molecular weight is 302 g/mol. The lowest BCUT2D eigenvalue weighted by Crippen LogP contribution is -2.09. The Bertz CT molecular complexity index is 671. The number of carbonyl (C=O) groups is 1. The van der Waals surface area contributed by atoms with E-state index < -0.39 is 35.3 Å². The molecule has 0 saturated heterocycles. The Kier molecular flexibility index (Phi) is 3.74. The monoisotopic (exact) mass is 302 g/mol. The van der Waals surface area contributed by atoms with Crippen LogP contribution in [0.25, 0.3) is 0 Å². The van der Waals surface area contributed by atoms with Crippen molar-refractivity contribution < 1.29 is 32.2 Å². The standard InChI is InChI=1S/C12H6F4N2O3/c13-6-1-2-7(11(19)20)8(5-6)21-10-4-3-9(17-18-10)12(14,15)16/h1-5H,(H,19,20). The van der Waals surface area contributed by atoms with E-state index in [9.17, 15) is 22.4 Å². The van der Waals surface area contributed by atoms with E-state index in [0.29, 0.717) is 6.07 Å². The minimum atomic E-state index is -4.66. The van der Waals surface area contributed by atoms with Crippen molar-refractivity contribution in [1.82, 2.24) is 10.2 Å². The van der Waals surface area contributed by atoms with E-state index in [4.69, 9.17) is 9.84 Å². The molecule has 0 aliphatic heterocycles. The van der Waals surface area contributed by atoms with Crippen LogP contribution in [-0.2, 0) is 6.18 Å². The van der Waals surface area contributed by atoms with Crippen LogP contribution in [0.4, 0.5) is 17.6 Å². The number of carboxylic acids is 1. The molecule has 1 N–H and O–H groups in total. The van der Waals surface area contributed by atoms with Crippen molar-refractivity contribution in [3.8, 4) is 11.6 Å². The Morgan fingerprint density at radius 1 is 1.14 bits per heavy atom. The van der Waals surface area contributed by atoms with Crippen LogP contribution in [0.2, 0.25) is 0 Å². The van der Waals surface area contributed by atoms with E-state index in [-0.39, 0.29) is 5.56 Å². The number of alkyl halides is 3. The van der Waals surface area contributed by atoms with Gasteiger partial charge in [-0.25, -0.2) is 9.18 Å². The molecule has 0 amide bonds. The van der Waals surface area contributed by atoms with E-state index >= 15 is 0 Å². The fourth-order valence-corrected chi connectivity index (χ4v) is 1.40. The highest BCUT2D eigenvalue weighted by atomic mass is 19.4. The van der Waals surface area contributed by atoms with Gasteiger partial charge < -0.3 is 9.84 Å². The number of rotatable bonds is 3. The summed E-state index contributed by atoms with van der Waals surface area (Å²) < 4.78 is 54.9. The summed E-state index contributed by atoms with van der Waals surface area (Å²) in [5.74, 6) is -2.94. The number of benzene rings is 1. The van der Waals surface area contributed by atoms with E-state index in [1.165, 1.54) is 0 Å². The first-order valence-corrected chi connectivity index (χ1v) is 5.39. The zero-order valence-electron chi connectivity index (χ0n) is 10.1. The zero-order valence-corrected chi connectivity index (χ0v) is 10.1. The van der Waals surface area contributed by atoms with Crippen molar-refractivity contribution in [1.29, 1.82) is 0 Å². The molecule has 1 heterocycles. The second-order valence-electron chi connectivity index (χ2n) is 3.80. The fraction of sp³-hybridized carbons (Fsp3) is 0.0833. The molecule has 2 rings (SSSR count). The van der Waals surface area contributed by atoms with Crippen LogP contribution >= 0.6 is 0 Å². The first kappa shape index (κ1) is 14.7. The smallest absolute Gasteiger partial charge is 0.435 e. The van der Waals surface area contributed by atoms with Crippen molar-refractivity contribution in [3.63, 3.8) is 0 Å². The Morgan fingerprint density at radius 3 is 2.38 bits per heavy atom. The van der Waals surface area contributed by atoms with Crippen molar-refractivity contribution in [2.24, 2.45) is 0 Å². The first-order chi connectivity index (χ1) is 9.77. The molecule has 0 radical (unpaired) electrons. The Hall–Kier alpha value is -2.71. The summed E-state index contributed by atoms with van der Waals surface area (Å²) >= 11 is 0. The minimum Gasteiger partial charge on any atom is -0.478 e. The molecule has 0 bridgehead atoms. The van der Waals surface area contributed by atoms with Crippen molar-refractivity contribution in [2.75, 3.05) is 0 Å². The number of ether oxygens (including phenoxy) is 1. The summed E-state index contributed by atoms with van der Waals surface area (Å²) in [6.45, 7) is 0. The molecule has 21 heavy (non-hydrogen) atoms. The first-order valence-electron chi connectivity index (χ1n) is 5.39. The maximum absolute atomic E-state index is 13.1. The van der Waals surface area contributed by atoms with Gasteiger partial charge in [-0.3, -0.25) is 0 Å². The van der Waals surface area contributed by atoms with Crippen molar-refractivity contribution in [2.45, 2.75) is 6.18 Å². The summed E-state index contributed by atoms with van der Waals surface area (Å²) in [6.07, 6.45) is -4.66. The summed E-state index contributed by atoms with van der Waals surface area (Å²) in [5, 5.41) is 15.0. The van der Waals surface area contributed by atoms with Gasteiger partial charge in [0, 0.05) is 12.1 Å². The highest BCUT2D eigenvalue weighted by Crippen LogP contribution is 2.29. The van der Waals surface area contributed by atoms with Crippen LogP contribution in [-0.4, -0.2) is 21.3 Å². The topological polar surface area (TPSA) is 72.3 Å². The largest absolute Gasteiger partial charge is 0.478 e. The lowest BCUT2D eigenvalue weighted by atomic mass is 10.2. The maximum Gasteiger partial charge on any atom is 0.435 e. The van der Waals surface area contributed by atoms with Crippen LogP contribution in [0.5, 0.6) is 11.6 Å². The molecular weight excluding hydrogens is 296 g/mol. The molecule has 1 aromatic carbocycles. The predicted octanol–water partition coefficient (Wildman–Crippen LogP) is 3.13. The summed E-state index contributed by atoms with van der Waals surface area (Å²) in [4.78, 5) is 10.9. The highest BCUT2D eigenvalue weighted by molar-refractivity contribution is 5.90. The molecule has 0 atom stereocenters. The molecule has 0 fully saturated rings. The lowest BCUT2D eigenvalue weighted by Gasteiger charge is -2.08. The van der Waals surface area contributed by atoms with Crippen molar-refractivity contribution in [3.05, 3.63) is 47.4 Å². The molecule has 1 aromatic heterocycles. The predicted molar refractivity (Wildman–Crippen MR) is 60.5 cm³/mol. The summed E-state index contributed by atoms with van der Waals surface area (Å²) in [5.41, 5.74) is -1.59. The van der Waals surface area contributed by atoms with Gasteiger partial charge in [-0.05, 0) is 18.2 Å². The van der Waals surface area contributed by atoms with E-state index in [0.717, 1.165) is 24.3 Å². The van der Waals surface area contributed by atoms with E-state index in [1.807, 2.05) is 0 Å². The Balaban J connectivity index is 2.30. The molecule has 0 aliphatic carbocycles. The van der Waals surface area contributed by atoms with Gasteiger partial charge in [-0.2, -0.15) is 13.2 Å². The number of nitrogens with zero attached hydrogens (tertiary/aromatic N) is 2. The second-order valence-corrected chi connectivity index (χ2v) is 3.80. The number of carboxylic acid groups (broad SMARTS) is 1. The molecule has 5 nitrogen and oxygen atoms in total. The molecule has 9 heteroatoms. The third-order valence-electron chi connectivity index (χ3n) is 2.32. The van der Waals surface area contributed by atoms with Crippen LogP contribution in [0, 0.1) is 5.82 Å². The fourth-order valence-electron chi connectivity index (χ4n) is 1.40. The van der Waals surface area contributed by atoms with Gasteiger partial charge in [0.2, 0.25) is 5.88 Å². The average Bonchev–Trinajstić information content (AvgIpc) is 2.38. The Labute approximate surface area is 114 Å². The lowest BCUT2D eigenvalue weighted by molar-refractivity contribution is -0.141. The third kappa shape index (κ3) is 3.44. The molecule has 0 saturated carbocycles. The molecule has 0 unspecified atom stereocenters. The van der Waals surface area contributed by atoms with Gasteiger partial charge in [0.25, 0.3) is 0 Å². The second kappa shape index (κ2) is 5.35. The van der Waals surface area contributed by atoms with E-state index in [2.05, 4.69) is 10.2 Å². The van der Waals surface area contributed by atoms with Crippen LogP contribution in [0.3, 0.4) is 0 Å². The zero-order chi connectivity index (χ0) is 15.6. The minimum absolute atomic E-state index is 0.363. The van der Waals surface area contributed by atoms with Crippen LogP contribution < -0.4 is 4.74 Å². The summed E-state index contributed by atoms with van der Waals surface area (Å²) in [7, 11) is 0. The maximum atomic E-state index is 13.1. The van der Waals surface area contributed by atoms with Crippen LogP contribution in [0.15, 0.2) is 30.3 Å². The van der Waals surface area contributed by atoms with Gasteiger partial charge in [0.05, 0.1) is 0 Å². The van der Waals surface area contributed by atoms with Crippen molar-refractivity contribution >= 4 is 5.97 Å². The summed E-state index contributed by atoms with van der Waals surface area (Å²) in [6, 6.07) is 4.12. The quantitative estimate of drug-likeness (QED) is 0.882. The van der Waals surface area contributed by atoms with E-state index in [1.54, 1.807) is 0 Å². The number of aromatic nitrogens is 2. The highest BCUT2D eigenvalue weighted by Gasteiger charge is 2.33. The molecule has 2 aromatic rings. The van der Waals surface area contributed by atoms with Gasteiger partial charge in [-0.1, -0.05) is 0 Å². The number of hydrogen-bond acceptors (Lipinski definition) is 4. The number of halogens is 4. The van der Waals surface area contributed by atoms with Crippen LogP contribution in [0.1, 0.15) is 16.1 Å². The van der Waals surface area contributed by atoms with Gasteiger partial charge in [-0.15, -0.1) is 10.2 Å². The molecule has 0 aliphatic rings. The van der Waals surface area contributed by atoms with Gasteiger partial charge in [0.15, 0.2) is 5.69 Å².